The molecule has 0 saturated carbocycles. The van der Waals surface area contributed by atoms with Gasteiger partial charge in [-0.25, -0.2) is 9.18 Å². The molecule has 7 nitrogen and oxygen atoms in total. The average molecular weight is 412 g/mol. The van der Waals surface area contributed by atoms with Crippen molar-refractivity contribution in [2.75, 3.05) is 26.1 Å². The highest BCUT2D eigenvalue weighted by molar-refractivity contribution is 6.32. The number of methoxy groups -OCH3 is 2. The molecule has 2 rings (SSSR count). The number of carbonyl (C=O) groups is 2. The summed E-state index contributed by atoms with van der Waals surface area (Å²) in [6.07, 6.45) is -0.983. The Hall–Kier alpha value is -3.00. The smallest absolute Gasteiger partial charge is 0.347 e. The third-order valence-corrected chi connectivity index (χ3v) is 3.85. The Morgan fingerprint density at radius 2 is 1.75 bits per heavy atom. The molecular weight excluding hydrogens is 393 g/mol. The summed E-state index contributed by atoms with van der Waals surface area (Å²) in [5.74, 6) is -0.758. The van der Waals surface area contributed by atoms with E-state index in [1.807, 2.05) is 0 Å². The largest absolute Gasteiger partial charge is 0.495 e. The third kappa shape index (κ3) is 5.75. The molecule has 0 aliphatic heterocycles. The van der Waals surface area contributed by atoms with Gasteiger partial charge in [-0.1, -0.05) is 11.6 Å². The van der Waals surface area contributed by atoms with Crippen molar-refractivity contribution in [3.63, 3.8) is 0 Å². The first kappa shape index (κ1) is 21.3. The van der Waals surface area contributed by atoms with Crippen molar-refractivity contribution < 1.29 is 32.9 Å². The number of benzene rings is 2. The van der Waals surface area contributed by atoms with E-state index >= 15 is 0 Å². The molecule has 150 valence electrons. The van der Waals surface area contributed by atoms with Crippen LogP contribution in [0.15, 0.2) is 36.4 Å². The second-order valence-corrected chi connectivity index (χ2v) is 5.96. The van der Waals surface area contributed by atoms with Gasteiger partial charge in [0, 0.05) is 6.07 Å². The molecule has 0 fully saturated rings. The molecule has 0 aliphatic rings. The maximum Gasteiger partial charge on any atom is 0.347 e. The van der Waals surface area contributed by atoms with E-state index in [9.17, 15) is 14.0 Å². The Bertz CT molecular complexity index is 843. The van der Waals surface area contributed by atoms with Crippen molar-refractivity contribution in [1.29, 1.82) is 0 Å². The predicted octanol–water partition coefficient (Wildman–Crippen LogP) is 3.45. The van der Waals surface area contributed by atoms with Gasteiger partial charge in [0.1, 0.15) is 23.1 Å². The second kappa shape index (κ2) is 9.80. The maximum absolute atomic E-state index is 12.9. The van der Waals surface area contributed by atoms with Gasteiger partial charge in [-0.2, -0.15) is 0 Å². The normalized spacial score (nSPS) is 11.3. The standard InChI is InChI=1S/C19H19ClFNO6/c1-11(28-13-6-4-12(21)5-7-13)19(24)27-10-18(23)22-15-8-14(20)16(25-2)9-17(15)26-3/h4-9,11H,10H2,1-3H3,(H,22,23)/t11-/m1/s1. The summed E-state index contributed by atoms with van der Waals surface area (Å²) >= 11 is 6.04. The molecule has 0 heterocycles. The highest BCUT2D eigenvalue weighted by Gasteiger charge is 2.19. The summed E-state index contributed by atoms with van der Waals surface area (Å²) in [5, 5.41) is 2.82. The van der Waals surface area contributed by atoms with Crippen LogP contribution < -0.4 is 19.5 Å². The lowest BCUT2D eigenvalue weighted by Crippen LogP contribution is -2.29. The van der Waals surface area contributed by atoms with Gasteiger partial charge in [0.15, 0.2) is 12.7 Å². The molecule has 0 aromatic heterocycles. The van der Waals surface area contributed by atoms with E-state index in [0.717, 1.165) is 0 Å². The van der Waals surface area contributed by atoms with Crippen LogP contribution in [-0.4, -0.2) is 38.8 Å². The van der Waals surface area contributed by atoms with Crippen LogP contribution >= 0.6 is 11.6 Å². The van der Waals surface area contributed by atoms with Crippen LogP contribution in [0.2, 0.25) is 5.02 Å². The first-order valence-electron chi connectivity index (χ1n) is 8.14. The van der Waals surface area contributed by atoms with Gasteiger partial charge in [0.2, 0.25) is 0 Å². The van der Waals surface area contributed by atoms with Gasteiger partial charge in [0.25, 0.3) is 5.91 Å². The van der Waals surface area contributed by atoms with E-state index in [-0.39, 0.29) is 5.02 Å². The molecule has 0 unspecified atom stereocenters. The number of rotatable bonds is 8. The van der Waals surface area contributed by atoms with Gasteiger partial charge in [-0.3, -0.25) is 4.79 Å². The van der Waals surface area contributed by atoms with E-state index in [2.05, 4.69) is 5.32 Å². The highest BCUT2D eigenvalue weighted by Crippen LogP contribution is 2.35. The van der Waals surface area contributed by atoms with Crippen LogP contribution in [0.3, 0.4) is 0 Å². The van der Waals surface area contributed by atoms with Crippen LogP contribution in [-0.2, 0) is 14.3 Å². The first-order chi connectivity index (χ1) is 13.3. The van der Waals surface area contributed by atoms with Crippen molar-refractivity contribution in [3.8, 4) is 17.2 Å². The molecular formula is C19H19ClFNO6. The average Bonchev–Trinajstić information content (AvgIpc) is 2.68. The van der Waals surface area contributed by atoms with Crippen molar-refractivity contribution in [2.45, 2.75) is 13.0 Å². The fourth-order valence-electron chi connectivity index (χ4n) is 2.16. The van der Waals surface area contributed by atoms with Crippen molar-refractivity contribution in [3.05, 3.63) is 47.2 Å². The summed E-state index contributed by atoms with van der Waals surface area (Å²) in [6.45, 7) is 0.915. The molecule has 28 heavy (non-hydrogen) atoms. The van der Waals surface area contributed by atoms with E-state index in [1.165, 1.54) is 57.5 Å². The number of esters is 1. The molecule has 0 bridgehead atoms. The SMILES string of the molecule is COc1cc(OC)c(NC(=O)COC(=O)[C@@H](C)Oc2ccc(F)cc2)cc1Cl. The van der Waals surface area contributed by atoms with Crippen molar-refractivity contribution >= 4 is 29.2 Å². The molecule has 2 aromatic rings. The number of amides is 1. The molecule has 0 radical (unpaired) electrons. The van der Waals surface area contributed by atoms with Gasteiger partial charge >= 0.3 is 5.97 Å². The Morgan fingerprint density at radius 1 is 1.11 bits per heavy atom. The quantitative estimate of drug-likeness (QED) is 0.670. The zero-order valence-electron chi connectivity index (χ0n) is 15.5. The Balaban J connectivity index is 1.90. The molecule has 9 heteroatoms. The van der Waals surface area contributed by atoms with E-state index < -0.39 is 30.4 Å². The van der Waals surface area contributed by atoms with Crippen LogP contribution in [0.25, 0.3) is 0 Å². The minimum Gasteiger partial charge on any atom is -0.495 e. The summed E-state index contributed by atoms with van der Waals surface area (Å²) in [7, 11) is 2.88. The number of nitrogens with one attached hydrogen (secondary N) is 1. The Morgan fingerprint density at radius 3 is 2.36 bits per heavy atom. The van der Waals surface area contributed by atoms with E-state index in [1.54, 1.807) is 0 Å². The Labute approximate surface area is 166 Å². The van der Waals surface area contributed by atoms with Crippen LogP contribution in [0.4, 0.5) is 10.1 Å². The lowest BCUT2D eigenvalue weighted by molar-refractivity contribution is -0.153. The van der Waals surface area contributed by atoms with E-state index in [0.29, 0.717) is 22.9 Å². The highest BCUT2D eigenvalue weighted by atomic mass is 35.5. The van der Waals surface area contributed by atoms with Crippen LogP contribution in [0, 0.1) is 5.82 Å². The second-order valence-electron chi connectivity index (χ2n) is 5.56. The number of anilines is 1. The molecule has 0 saturated heterocycles. The molecule has 2 aromatic carbocycles. The summed E-state index contributed by atoms with van der Waals surface area (Å²) in [6, 6.07) is 8.14. The topological polar surface area (TPSA) is 83.1 Å². The molecule has 0 spiro atoms. The number of halogens is 2. The van der Waals surface area contributed by atoms with E-state index in [4.69, 9.17) is 30.5 Å². The van der Waals surface area contributed by atoms with Gasteiger partial charge in [-0.05, 0) is 37.3 Å². The van der Waals surface area contributed by atoms with Gasteiger partial charge < -0.3 is 24.3 Å². The first-order valence-corrected chi connectivity index (χ1v) is 8.52. The summed E-state index contributed by atoms with van der Waals surface area (Å²) in [4.78, 5) is 24.0. The minimum atomic E-state index is -0.983. The lowest BCUT2D eigenvalue weighted by Gasteiger charge is -2.15. The zero-order chi connectivity index (χ0) is 20.7. The molecule has 1 amide bonds. The fourth-order valence-corrected chi connectivity index (χ4v) is 2.40. The van der Waals surface area contributed by atoms with Gasteiger partial charge in [-0.15, -0.1) is 0 Å². The number of hydrogen-bond donors (Lipinski definition) is 1. The molecule has 1 atom stereocenters. The fraction of sp³-hybridized carbons (Fsp3) is 0.263. The summed E-state index contributed by atoms with van der Waals surface area (Å²) in [5.41, 5.74) is 0.296. The van der Waals surface area contributed by atoms with Crippen molar-refractivity contribution in [2.24, 2.45) is 0 Å². The van der Waals surface area contributed by atoms with Gasteiger partial charge in [0.05, 0.1) is 24.9 Å². The van der Waals surface area contributed by atoms with Crippen LogP contribution in [0.5, 0.6) is 17.2 Å². The number of ether oxygens (including phenoxy) is 4. The third-order valence-electron chi connectivity index (χ3n) is 3.55. The number of hydrogen-bond acceptors (Lipinski definition) is 6. The number of carbonyl (C=O) groups excluding carboxylic acids is 2. The molecule has 1 N–H and O–H groups in total. The summed E-state index contributed by atoms with van der Waals surface area (Å²) < 4.78 is 33.4. The predicted molar refractivity (Wildman–Crippen MR) is 101 cm³/mol. The maximum atomic E-state index is 12.9. The Kier molecular flexibility index (Phi) is 7.45. The lowest BCUT2D eigenvalue weighted by atomic mass is 10.2. The molecule has 0 aliphatic carbocycles. The monoisotopic (exact) mass is 411 g/mol. The zero-order valence-corrected chi connectivity index (χ0v) is 16.2. The van der Waals surface area contributed by atoms with Crippen molar-refractivity contribution in [1.82, 2.24) is 0 Å². The van der Waals surface area contributed by atoms with Crippen LogP contribution in [0.1, 0.15) is 6.92 Å². The minimum absolute atomic E-state index is 0.275.